The standard InChI is InChI=1S/C29H24ClFN6O2/c1-17-26(33-28(38)24-13-14-35(2)34-24)27(22-5-3-4-6-23(22)30)36(29(17)39)21-11-12-25-18(15-21)16-32-37(25)20-9-7-19(31)8-10-20/h3-17,26-27H,1-2H3,(H,33,38)/t17-,26+,27?/m1/s1. The van der Waals surface area contributed by atoms with E-state index in [1.165, 1.54) is 12.1 Å². The Labute approximate surface area is 228 Å². The molecule has 0 radical (unpaired) electrons. The van der Waals surface area contributed by atoms with Crippen molar-refractivity contribution in [1.82, 2.24) is 24.9 Å². The minimum atomic E-state index is -0.565. The van der Waals surface area contributed by atoms with Gasteiger partial charge in [-0.1, -0.05) is 36.7 Å². The lowest BCUT2D eigenvalue weighted by Gasteiger charge is -2.30. The van der Waals surface area contributed by atoms with Gasteiger partial charge in [-0.2, -0.15) is 10.2 Å². The van der Waals surface area contributed by atoms with Crippen LogP contribution in [0.5, 0.6) is 0 Å². The van der Waals surface area contributed by atoms with Gasteiger partial charge in [0.25, 0.3) is 5.91 Å². The summed E-state index contributed by atoms with van der Waals surface area (Å²) in [4.78, 5) is 28.6. The molecule has 2 aromatic heterocycles. The molecule has 39 heavy (non-hydrogen) atoms. The van der Waals surface area contributed by atoms with E-state index in [0.29, 0.717) is 10.7 Å². The number of halogens is 2. The van der Waals surface area contributed by atoms with Gasteiger partial charge in [-0.05, 0) is 60.2 Å². The number of anilines is 1. The average Bonchev–Trinajstić information content (AvgIpc) is 3.62. The molecular formula is C29H24ClFN6O2. The van der Waals surface area contributed by atoms with E-state index >= 15 is 0 Å². The zero-order chi connectivity index (χ0) is 27.3. The number of carbonyl (C=O) groups is 2. The predicted octanol–water partition coefficient (Wildman–Crippen LogP) is 5.07. The predicted molar refractivity (Wildman–Crippen MR) is 146 cm³/mol. The number of hydrogen-bond donors (Lipinski definition) is 1. The summed E-state index contributed by atoms with van der Waals surface area (Å²) in [5.41, 5.74) is 3.17. The highest BCUT2D eigenvalue weighted by Crippen LogP contribution is 2.43. The van der Waals surface area contributed by atoms with Gasteiger partial charge in [0.15, 0.2) is 0 Å². The van der Waals surface area contributed by atoms with E-state index in [9.17, 15) is 14.0 Å². The van der Waals surface area contributed by atoms with Gasteiger partial charge in [-0.25, -0.2) is 9.07 Å². The fourth-order valence-corrected chi connectivity index (χ4v) is 5.45. The summed E-state index contributed by atoms with van der Waals surface area (Å²) in [5, 5.41) is 13.0. The summed E-state index contributed by atoms with van der Waals surface area (Å²) in [5.74, 6) is -1.36. The number of amides is 2. The molecule has 0 saturated carbocycles. The van der Waals surface area contributed by atoms with E-state index in [1.807, 2.05) is 36.4 Å². The molecule has 1 N–H and O–H groups in total. The highest BCUT2D eigenvalue weighted by Gasteiger charge is 2.48. The maximum atomic E-state index is 13.8. The number of nitrogens with zero attached hydrogens (tertiary/aromatic N) is 5. The quantitative estimate of drug-likeness (QED) is 0.336. The van der Waals surface area contributed by atoms with Crippen molar-refractivity contribution < 1.29 is 14.0 Å². The Hall–Kier alpha value is -4.50. The minimum Gasteiger partial charge on any atom is -0.345 e. The molecule has 2 amide bonds. The lowest BCUT2D eigenvalue weighted by atomic mass is 9.94. The first kappa shape index (κ1) is 24.8. The van der Waals surface area contributed by atoms with Crippen molar-refractivity contribution in [2.24, 2.45) is 13.0 Å². The molecule has 3 heterocycles. The van der Waals surface area contributed by atoms with Crippen LogP contribution in [-0.4, -0.2) is 37.4 Å². The second kappa shape index (κ2) is 9.67. The highest BCUT2D eigenvalue weighted by atomic mass is 35.5. The fraction of sp³-hybridized carbons (Fsp3) is 0.172. The topological polar surface area (TPSA) is 85.0 Å². The van der Waals surface area contributed by atoms with Crippen LogP contribution in [0.15, 0.2) is 85.2 Å². The molecule has 8 nitrogen and oxygen atoms in total. The first-order valence-corrected chi connectivity index (χ1v) is 12.8. The average molecular weight is 543 g/mol. The van der Waals surface area contributed by atoms with Crippen molar-refractivity contribution in [3.8, 4) is 5.69 Å². The van der Waals surface area contributed by atoms with Gasteiger partial charge in [0.05, 0.1) is 35.4 Å². The van der Waals surface area contributed by atoms with Crippen LogP contribution in [-0.2, 0) is 11.8 Å². The van der Waals surface area contributed by atoms with Gasteiger partial charge in [0.2, 0.25) is 5.91 Å². The molecule has 0 aliphatic carbocycles. The van der Waals surface area contributed by atoms with Crippen molar-refractivity contribution in [1.29, 1.82) is 0 Å². The van der Waals surface area contributed by atoms with Gasteiger partial charge < -0.3 is 10.2 Å². The largest absolute Gasteiger partial charge is 0.345 e. The van der Waals surface area contributed by atoms with Crippen molar-refractivity contribution in [2.45, 2.75) is 19.0 Å². The van der Waals surface area contributed by atoms with Gasteiger partial charge >= 0.3 is 0 Å². The molecule has 1 unspecified atom stereocenters. The lowest BCUT2D eigenvalue weighted by molar-refractivity contribution is -0.120. The number of aryl methyl sites for hydroxylation is 1. The SMILES string of the molecule is C[C@H]1C(=O)N(c2ccc3c(cnn3-c3ccc(F)cc3)c2)C(c2ccccc2Cl)[C@H]1NC(=O)c1ccn(C)n1. The second-order valence-corrected chi connectivity index (χ2v) is 10.0. The zero-order valence-corrected chi connectivity index (χ0v) is 21.9. The third kappa shape index (κ3) is 4.34. The maximum Gasteiger partial charge on any atom is 0.272 e. The molecule has 1 aliphatic rings. The van der Waals surface area contributed by atoms with E-state index in [4.69, 9.17) is 11.6 Å². The maximum absolute atomic E-state index is 13.8. The van der Waals surface area contributed by atoms with Crippen LogP contribution in [0.2, 0.25) is 5.02 Å². The van der Waals surface area contributed by atoms with Crippen LogP contribution in [0.3, 0.4) is 0 Å². The second-order valence-electron chi connectivity index (χ2n) is 9.61. The van der Waals surface area contributed by atoms with Crippen molar-refractivity contribution in [2.75, 3.05) is 4.90 Å². The Kier molecular flexibility index (Phi) is 6.15. The first-order valence-electron chi connectivity index (χ1n) is 12.4. The van der Waals surface area contributed by atoms with Crippen LogP contribution < -0.4 is 10.2 Å². The van der Waals surface area contributed by atoms with Gasteiger partial charge in [-0.15, -0.1) is 0 Å². The number of aromatic nitrogens is 4. The molecule has 196 valence electrons. The van der Waals surface area contributed by atoms with E-state index in [-0.39, 0.29) is 23.3 Å². The van der Waals surface area contributed by atoms with Gasteiger partial charge in [0.1, 0.15) is 11.5 Å². The van der Waals surface area contributed by atoms with Crippen LogP contribution in [0.25, 0.3) is 16.6 Å². The van der Waals surface area contributed by atoms with Crippen LogP contribution in [0.4, 0.5) is 10.1 Å². The normalized spacial score (nSPS) is 19.1. The van der Waals surface area contributed by atoms with Crippen molar-refractivity contribution in [3.63, 3.8) is 0 Å². The molecule has 0 spiro atoms. The summed E-state index contributed by atoms with van der Waals surface area (Å²) in [7, 11) is 1.74. The Balaban J connectivity index is 1.41. The molecule has 1 aliphatic heterocycles. The number of hydrogen-bond acceptors (Lipinski definition) is 4. The summed E-state index contributed by atoms with van der Waals surface area (Å²) in [6.07, 6.45) is 3.40. The van der Waals surface area contributed by atoms with Crippen molar-refractivity contribution >= 4 is 40.0 Å². The Morgan fingerprint density at radius 3 is 2.49 bits per heavy atom. The number of carbonyl (C=O) groups excluding carboxylic acids is 2. The molecule has 6 rings (SSSR count). The highest BCUT2D eigenvalue weighted by molar-refractivity contribution is 6.31. The van der Waals surface area contributed by atoms with Crippen LogP contribution in [0.1, 0.15) is 29.0 Å². The van der Waals surface area contributed by atoms with Crippen LogP contribution >= 0.6 is 11.6 Å². The summed E-state index contributed by atoms with van der Waals surface area (Å²) in [6, 6.07) is 19.5. The van der Waals surface area contributed by atoms with Crippen molar-refractivity contribution in [3.05, 3.63) is 107 Å². The molecule has 3 atom stereocenters. The molecule has 1 fully saturated rings. The first-order chi connectivity index (χ1) is 18.8. The molecule has 5 aromatic rings. The van der Waals surface area contributed by atoms with E-state index < -0.39 is 18.0 Å². The van der Waals surface area contributed by atoms with E-state index in [1.54, 1.807) is 64.9 Å². The number of benzene rings is 3. The Morgan fingerprint density at radius 1 is 1.03 bits per heavy atom. The summed E-state index contributed by atoms with van der Waals surface area (Å²) in [6.45, 7) is 1.81. The van der Waals surface area contributed by atoms with E-state index in [0.717, 1.165) is 22.2 Å². The van der Waals surface area contributed by atoms with Gasteiger partial charge in [-0.3, -0.25) is 14.3 Å². The monoisotopic (exact) mass is 542 g/mol. The number of nitrogens with one attached hydrogen (secondary N) is 1. The molecule has 10 heteroatoms. The number of rotatable bonds is 5. The van der Waals surface area contributed by atoms with Crippen LogP contribution in [0, 0.1) is 11.7 Å². The third-order valence-electron chi connectivity index (χ3n) is 7.15. The summed E-state index contributed by atoms with van der Waals surface area (Å²) >= 11 is 6.65. The van der Waals surface area contributed by atoms with Gasteiger partial charge in [0, 0.05) is 29.3 Å². The molecule has 1 saturated heterocycles. The van der Waals surface area contributed by atoms with E-state index in [2.05, 4.69) is 15.5 Å². The Morgan fingerprint density at radius 2 is 1.77 bits per heavy atom. The third-order valence-corrected chi connectivity index (χ3v) is 7.50. The molecular weight excluding hydrogens is 519 g/mol. The minimum absolute atomic E-state index is 0.142. The number of fused-ring (bicyclic) bond motifs is 1. The Bertz CT molecular complexity index is 1710. The fourth-order valence-electron chi connectivity index (χ4n) is 5.20. The molecule has 3 aromatic carbocycles. The zero-order valence-electron chi connectivity index (χ0n) is 21.1. The lowest BCUT2D eigenvalue weighted by Crippen LogP contribution is -2.42. The smallest absolute Gasteiger partial charge is 0.272 e. The summed E-state index contributed by atoms with van der Waals surface area (Å²) < 4.78 is 16.7. The molecule has 0 bridgehead atoms.